The van der Waals surface area contributed by atoms with Gasteiger partial charge in [-0.1, -0.05) is 271 Å². The summed E-state index contributed by atoms with van der Waals surface area (Å²) in [5.74, 6) is -0.252. The minimum Gasteiger partial charge on any atom is -0.394 e. The van der Waals surface area contributed by atoms with Crippen molar-refractivity contribution < 1.29 is 44.9 Å². The van der Waals surface area contributed by atoms with Gasteiger partial charge in [0.2, 0.25) is 5.91 Å². The lowest BCUT2D eigenvalue weighted by molar-refractivity contribution is -0.303. The van der Waals surface area contributed by atoms with Crippen molar-refractivity contribution in [2.45, 2.75) is 339 Å². The third-order valence-electron chi connectivity index (χ3n) is 14.3. The molecule has 1 rings (SSSR count). The highest BCUT2D eigenvalue weighted by Gasteiger charge is 2.44. The Bertz CT molecular complexity index is 1020. The van der Waals surface area contributed by atoms with Crippen LogP contribution >= 0.6 is 0 Å². The molecule has 10 nitrogen and oxygen atoms in total. The second-order valence-corrected chi connectivity index (χ2v) is 20.6. The van der Waals surface area contributed by atoms with Gasteiger partial charge >= 0.3 is 0 Å². The number of carbonyl (C=O) groups excluding carboxylic acids is 1. The number of hydrogen-bond donors (Lipinski definition) is 7. The van der Waals surface area contributed by atoms with Crippen LogP contribution in [0.15, 0.2) is 0 Å². The molecule has 1 fully saturated rings. The van der Waals surface area contributed by atoms with Gasteiger partial charge in [-0.05, 0) is 12.8 Å². The van der Waals surface area contributed by atoms with Crippen molar-refractivity contribution in [2.24, 2.45) is 0 Å². The Hall–Kier alpha value is -0.850. The van der Waals surface area contributed by atoms with E-state index in [4.69, 9.17) is 9.47 Å². The predicted molar refractivity (Wildman–Crippen MR) is 274 cm³/mol. The van der Waals surface area contributed by atoms with Crippen LogP contribution in [-0.2, 0) is 14.3 Å². The second kappa shape index (κ2) is 46.5. The Morgan fingerprint density at radius 1 is 0.470 bits per heavy atom. The molecule has 1 saturated heterocycles. The van der Waals surface area contributed by atoms with Crippen LogP contribution in [0.25, 0.3) is 0 Å². The maximum atomic E-state index is 13.0. The molecule has 1 aliphatic heterocycles. The molecule has 1 amide bonds. The van der Waals surface area contributed by atoms with Gasteiger partial charge in [-0.2, -0.15) is 0 Å². The summed E-state index contributed by atoms with van der Waals surface area (Å²) in [5, 5.41) is 65.3. The molecule has 7 N–H and O–H groups in total. The normalized spacial score (nSPS) is 20.2. The summed E-state index contributed by atoms with van der Waals surface area (Å²) >= 11 is 0. The van der Waals surface area contributed by atoms with E-state index in [1.165, 1.54) is 218 Å². The van der Waals surface area contributed by atoms with Crippen LogP contribution < -0.4 is 5.32 Å². The molecule has 0 aromatic carbocycles. The number of nitrogens with one attached hydrogen (secondary N) is 1. The lowest BCUT2D eigenvalue weighted by Crippen LogP contribution is -2.60. The van der Waals surface area contributed by atoms with Crippen molar-refractivity contribution in [2.75, 3.05) is 13.2 Å². The molecule has 394 valence electrons. The Balaban J connectivity index is 2.11. The van der Waals surface area contributed by atoms with Crippen molar-refractivity contribution in [3.8, 4) is 0 Å². The molecule has 1 aliphatic rings. The zero-order valence-corrected chi connectivity index (χ0v) is 43.3. The minimum absolute atomic E-state index is 0.252. The molecule has 66 heavy (non-hydrogen) atoms. The first-order chi connectivity index (χ1) is 32.3. The molecule has 0 saturated carbocycles. The van der Waals surface area contributed by atoms with Crippen molar-refractivity contribution in [3.05, 3.63) is 0 Å². The summed E-state index contributed by atoms with van der Waals surface area (Å²) in [5.41, 5.74) is 0. The summed E-state index contributed by atoms with van der Waals surface area (Å²) < 4.78 is 11.2. The molecule has 8 atom stereocenters. The van der Waals surface area contributed by atoms with Gasteiger partial charge in [0.05, 0.1) is 25.4 Å². The Morgan fingerprint density at radius 3 is 1.12 bits per heavy atom. The number of carbonyl (C=O) groups is 1. The van der Waals surface area contributed by atoms with E-state index in [2.05, 4.69) is 19.2 Å². The molecule has 0 aromatic heterocycles. The number of rotatable bonds is 50. The predicted octanol–water partition coefficient (Wildman–Crippen LogP) is 12.8. The van der Waals surface area contributed by atoms with E-state index >= 15 is 0 Å². The fourth-order valence-corrected chi connectivity index (χ4v) is 9.67. The quantitative estimate of drug-likeness (QED) is 0.0294. The fourth-order valence-electron chi connectivity index (χ4n) is 9.67. The largest absolute Gasteiger partial charge is 0.394 e. The van der Waals surface area contributed by atoms with Crippen LogP contribution in [0, 0.1) is 0 Å². The smallest absolute Gasteiger partial charge is 0.220 e. The van der Waals surface area contributed by atoms with Gasteiger partial charge < -0.3 is 45.4 Å². The minimum atomic E-state index is -1.60. The number of unbranched alkanes of at least 4 members (excludes halogenated alkanes) is 39. The third kappa shape index (κ3) is 35.3. The van der Waals surface area contributed by atoms with Gasteiger partial charge in [-0.3, -0.25) is 4.79 Å². The van der Waals surface area contributed by atoms with Crippen molar-refractivity contribution in [1.82, 2.24) is 5.32 Å². The molecule has 0 aliphatic carbocycles. The van der Waals surface area contributed by atoms with Gasteiger partial charge in [0.25, 0.3) is 0 Å². The third-order valence-corrected chi connectivity index (χ3v) is 14.3. The van der Waals surface area contributed by atoms with Crippen LogP contribution in [0.1, 0.15) is 290 Å². The van der Waals surface area contributed by atoms with Gasteiger partial charge in [-0.25, -0.2) is 0 Å². The first kappa shape index (κ1) is 63.2. The van der Waals surface area contributed by atoms with Crippen molar-refractivity contribution in [1.29, 1.82) is 0 Å². The summed E-state index contributed by atoms with van der Waals surface area (Å²) in [6.45, 7) is 3.62. The van der Waals surface area contributed by atoms with E-state index in [0.717, 1.165) is 44.9 Å². The van der Waals surface area contributed by atoms with E-state index < -0.39 is 55.6 Å². The molecule has 0 spiro atoms. The Kier molecular flexibility index (Phi) is 44.5. The SMILES string of the molecule is CCCCCCCCCCCCCCCCCCCCCCCCCCCCCCCCCC(=O)N[C@@H](CO[C@@H]1O[C@H](CO)[C@@H](O)C(O)C1O)[C@H](O)[C@H](O)CCCCCCCCCCCC. The van der Waals surface area contributed by atoms with Crippen LogP contribution in [0.3, 0.4) is 0 Å². The highest BCUT2D eigenvalue weighted by molar-refractivity contribution is 5.76. The van der Waals surface area contributed by atoms with E-state index in [9.17, 15) is 35.4 Å². The molecular formula is C56H111NO9. The van der Waals surface area contributed by atoms with E-state index in [-0.39, 0.29) is 18.9 Å². The van der Waals surface area contributed by atoms with Gasteiger partial charge in [0.15, 0.2) is 6.29 Å². The summed E-state index contributed by atoms with van der Waals surface area (Å²) in [7, 11) is 0. The maximum absolute atomic E-state index is 13.0. The Morgan fingerprint density at radius 2 is 0.788 bits per heavy atom. The highest BCUT2D eigenvalue weighted by atomic mass is 16.7. The lowest BCUT2D eigenvalue weighted by Gasteiger charge is -2.40. The number of aliphatic hydroxyl groups excluding tert-OH is 6. The summed E-state index contributed by atoms with van der Waals surface area (Å²) in [6.07, 6.45) is 44.4. The van der Waals surface area contributed by atoms with Crippen molar-refractivity contribution in [3.63, 3.8) is 0 Å². The molecule has 1 heterocycles. The number of ether oxygens (including phenoxy) is 2. The molecule has 2 unspecified atom stereocenters. The molecule has 0 bridgehead atoms. The lowest BCUT2D eigenvalue weighted by atomic mass is 9.98. The molecular weight excluding hydrogens is 831 g/mol. The Labute approximate surface area is 407 Å². The van der Waals surface area contributed by atoms with Gasteiger partial charge in [0.1, 0.15) is 30.5 Å². The van der Waals surface area contributed by atoms with E-state index in [0.29, 0.717) is 6.42 Å². The topological polar surface area (TPSA) is 169 Å². The van der Waals surface area contributed by atoms with Crippen LogP contribution in [0.2, 0.25) is 0 Å². The fraction of sp³-hybridized carbons (Fsp3) is 0.982. The van der Waals surface area contributed by atoms with Gasteiger partial charge in [-0.15, -0.1) is 0 Å². The first-order valence-corrected chi connectivity index (χ1v) is 28.8. The number of amides is 1. The van der Waals surface area contributed by atoms with Gasteiger partial charge in [0, 0.05) is 6.42 Å². The maximum Gasteiger partial charge on any atom is 0.220 e. The van der Waals surface area contributed by atoms with Crippen molar-refractivity contribution >= 4 is 5.91 Å². The average molecular weight is 943 g/mol. The second-order valence-electron chi connectivity index (χ2n) is 20.6. The van der Waals surface area contributed by atoms with Crippen LogP contribution in [0.4, 0.5) is 0 Å². The van der Waals surface area contributed by atoms with Crippen LogP contribution in [0.5, 0.6) is 0 Å². The van der Waals surface area contributed by atoms with E-state index in [1.807, 2.05) is 0 Å². The van der Waals surface area contributed by atoms with Crippen LogP contribution in [-0.4, -0.2) is 98.7 Å². The molecule has 0 radical (unpaired) electrons. The van der Waals surface area contributed by atoms with E-state index in [1.54, 1.807) is 0 Å². The summed E-state index contributed by atoms with van der Waals surface area (Å²) in [4.78, 5) is 13.0. The number of aliphatic hydroxyl groups is 6. The average Bonchev–Trinajstić information content (AvgIpc) is 3.32. The standard InChI is InChI=1S/C56H111NO9/c1-3-5-7-9-11-13-15-16-17-18-19-20-21-22-23-24-25-26-27-28-29-30-31-32-33-34-35-37-39-41-43-45-51(60)57-48(47-65-56-55(64)54(63)53(62)50(46-58)66-56)52(61)49(59)44-42-40-38-36-14-12-10-8-6-4-2/h48-50,52-56,58-59,61-64H,3-47H2,1-2H3,(H,57,60)/t48-,49+,50+,52-,53+,54?,55?,56+/m0/s1. The number of hydrogen-bond acceptors (Lipinski definition) is 9. The first-order valence-electron chi connectivity index (χ1n) is 28.8. The zero-order valence-electron chi connectivity index (χ0n) is 43.3. The summed E-state index contributed by atoms with van der Waals surface area (Å²) in [6, 6.07) is -0.985. The monoisotopic (exact) mass is 942 g/mol. The highest BCUT2D eigenvalue weighted by Crippen LogP contribution is 2.24. The molecule has 10 heteroatoms. The zero-order chi connectivity index (χ0) is 48.1. The molecule has 0 aromatic rings.